The molecule has 0 bridgehead atoms. The van der Waals surface area contributed by atoms with Crippen molar-refractivity contribution in [1.82, 2.24) is 19.8 Å². The SMILES string of the molecule is Cn1nc(C2CCC(=O)NC2=O)c2ccc(N3CCC(O)(CC(=O)Nc4ccc5c(F)c(N6CC(=O)NS6(=O)=O)c(O)cc5c4)CC3)cc21. The fraction of sp³-hybridized carbons (Fsp3) is 0.344. The number of halogens is 1. The van der Waals surface area contributed by atoms with Crippen molar-refractivity contribution >= 4 is 72.6 Å². The number of piperidine rings is 2. The summed E-state index contributed by atoms with van der Waals surface area (Å²) >= 11 is 0. The van der Waals surface area contributed by atoms with Crippen molar-refractivity contribution in [3.05, 3.63) is 54.0 Å². The minimum atomic E-state index is -4.36. The smallest absolute Gasteiger partial charge is 0.326 e. The van der Waals surface area contributed by atoms with Gasteiger partial charge >= 0.3 is 10.2 Å². The summed E-state index contributed by atoms with van der Waals surface area (Å²) < 4.78 is 43.7. The first-order chi connectivity index (χ1) is 23.2. The average molecular weight is 694 g/mol. The van der Waals surface area contributed by atoms with Crippen LogP contribution in [0.15, 0.2) is 42.5 Å². The van der Waals surface area contributed by atoms with Gasteiger partial charge in [-0.3, -0.25) is 29.2 Å². The molecule has 1 unspecified atom stereocenters. The quantitative estimate of drug-likeness (QED) is 0.185. The second kappa shape index (κ2) is 11.7. The molecular formula is C32H32FN7O8S. The molecule has 0 saturated carbocycles. The highest BCUT2D eigenvalue weighted by Gasteiger charge is 2.38. The van der Waals surface area contributed by atoms with Gasteiger partial charge in [0.15, 0.2) is 5.82 Å². The molecule has 3 aliphatic heterocycles. The van der Waals surface area contributed by atoms with Gasteiger partial charge in [-0.05, 0) is 67.1 Å². The Labute approximate surface area is 278 Å². The Hall–Kier alpha value is -5.29. The number of benzene rings is 3. The summed E-state index contributed by atoms with van der Waals surface area (Å²) in [7, 11) is -2.56. The van der Waals surface area contributed by atoms with Gasteiger partial charge in [0, 0.05) is 48.7 Å². The zero-order valence-electron chi connectivity index (χ0n) is 26.2. The van der Waals surface area contributed by atoms with E-state index in [2.05, 4.69) is 20.6 Å². The van der Waals surface area contributed by atoms with E-state index in [1.165, 1.54) is 18.2 Å². The predicted octanol–water partition coefficient (Wildman–Crippen LogP) is 1.63. The van der Waals surface area contributed by atoms with Crippen molar-refractivity contribution in [2.75, 3.05) is 34.2 Å². The lowest BCUT2D eigenvalue weighted by Crippen LogP contribution is -2.46. The van der Waals surface area contributed by atoms with Crippen LogP contribution in [0.3, 0.4) is 0 Å². The van der Waals surface area contributed by atoms with Crippen LogP contribution in [0.4, 0.5) is 21.5 Å². The zero-order valence-corrected chi connectivity index (χ0v) is 27.0. The van der Waals surface area contributed by atoms with Gasteiger partial charge in [-0.25, -0.2) is 13.4 Å². The molecule has 0 radical (unpaired) electrons. The van der Waals surface area contributed by atoms with Gasteiger partial charge in [0.1, 0.15) is 18.0 Å². The number of rotatable bonds is 6. The molecule has 256 valence electrons. The predicted molar refractivity (Wildman–Crippen MR) is 175 cm³/mol. The summed E-state index contributed by atoms with van der Waals surface area (Å²) in [6.45, 7) is 0.260. The summed E-state index contributed by atoms with van der Waals surface area (Å²) in [6.07, 6.45) is 1.08. The Bertz CT molecular complexity index is 2200. The van der Waals surface area contributed by atoms with Crippen molar-refractivity contribution in [3.8, 4) is 5.75 Å². The van der Waals surface area contributed by atoms with E-state index < -0.39 is 57.3 Å². The lowest BCUT2D eigenvalue weighted by molar-refractivity contribution is -0.134. The Balaban J connectivity index is 1.00. The maximum atomic E-state index is 15.4. The molecule has 7 rings (SSSR count). The van der Waals surface area contributed by atoms with Crippen LogP contribution < -0.4 is 24.6 Å². The van der Waals surface area contributed by atoms with E-state index in [1.807, 2.05) is 18.2 Å². The number of nitrogens with zero attached hydrogens (tertiary/aromatic N) is 4. The van der Waals surface area contributed by atoms with Gasteiger partial charge in [0.2, 0.25) is 17.7 Å². The van der Waals surface area contributed by atoms with Crippen LogP contribution in [0.25, 0.3) is 21.7 Å². The van der Waals surface area contributed by atoms with Crippen LogP contribution >= 0.6 is 0 Å². The van der Waals surface area contributed by atoms with Gasteiger partial charge < -0.3 is 20.4 Å². The van der Waals surface area contributed by atoms with Crippen molar-refractivity contribution in [1.29, 1.82) is 0 Å². The first kappa shape index (κ1) is 32.3. The van der Waals surface area contributed by atoms with E-state index in [1.54, 1.807) is 16.5 Å². The van der Waals surface area contributed by atoms with Crippen LogP contribution in [0, 0.1) is 5.82 Å². The molecule has 3 aromatic carbocycles. The number of phenolic OH excluding ortho intramolecular Hbond substituents is 1. The van der Waals surface area contributed by atoms with Gasteiger partial charge in [-0.2, -0.15) is 13.5 Å². The fourth-order valence-corrected chi connectivity index (χ4v) is 8.01. The maximum absolute atomic E-state index is 15.4. The monoisotopic (exact) mass is 693 g/mol. The molecule has 5 N–H and O–H groups in total. The Morgan fingerprint density at radius 1 is 1.08 bits per heavy atom. The van der Waals surface area contributed by atoms with Crippen LogP contribution in [0.2, 0.25) is 0 Å². The van der Waals surface area contributed by atoms with Crippen molar-refractivity contribution in [2.45, 2.75) is 43.6 Å². The average Bonchev–Trinajstić information content (AvgIpc) is 3.49. The molecule has 4 heterocycles. The molecule has 0 aliphatic carbocycles. The molecule has 3 fully saturated rings. The van der Waals surface area contributed by atoms with Crippen LogP contribution in [-0.4, -0.2) is 77.3 Å². The number of aliphatic hydroxyl groups is 1. The standard InChI is InChI=1S/C32H32FN7O8S/c1-38-23-14-19(3-5-21(23)29(36-38)22-6-7-25(42)35-31(22)45)39-10-8-32(46,9-11-39)15-26(43)34-18-2-4-20-17(12-18)13-24(41)30(28(20)33)40-16-27(44)37-49(40,47)48/h2-5,12-14,22,41,46H,6-11,15-16H2,1H3,(H,34,43)(H,37,44)(H,35,42,45). The summed E-state index contributed by atoms with van der Waals surface area (Å²) in [5.74, 6) is -4.23. The molecule has 4 amide bonds. The highest BCUT2D eigenvalue weighted by Crippen LogP contribution is 2.39. The number of hydrogen-bond donors (Lipinski definition) is 5. The molecule has 4 aromatic rings. The molecule has 15 nitrogen and oxygen atoms in total. The number of nitrogens with one attached hydrogen (secondary N) is 3. The van der Waals surface area contributed by atoms with Crippen molar-refractivity contribution in [2.24, 2.45) is 7.05 Å². The number of anilines is 3. The lowest BCUT2D eigenvalue weighted by atomic mass is 9.87. The summed E-state index contributed by atoms with van der Waals surface area (Å²) in [4.78, 5) is 50.8. The molecule has 0 spiro atoms. The highest BCUT2D eigenvalue weighted by atomic mass is 32.2. The normalized spacial score (nSPS) is 20.5. The van der Waals surface area contributed by atoms with Gasteiger partial charge in [0.05, 0.1) is 29.2 Å². The first-order valence-electron chi connectivity index (χ1n) is 15.6. The van der Waals surface area contributed by atoms with Gasteiger partial charge in [-0.15, -0.1) is 0 Å². The molecule has 17 heteroatoms. The number of fused-ring (bicyclic) bond motifs is 2. The largest absolute Gasteiger partial charge is 0.506 e. The van der Waals surface area contributed by atoms with Gasteiger partial charge in [-0.1, -0.05) is 0 Å². The Morgan fingerprint density at radius 3 is 2.51 bits per heavy atom. The second-order valence-electron chi connectivity index (χ2n) is 12.7. The second-order valence-corrected chi connectivity index (χ2v) is 14.3. The molecule has 1 atom stereocenters. The molecule has 1 aromatic heterocycles. The number of amides is 4. The maximum Gasteiger partial charge on any atom is 0.326 e. The van der Waals surface area contributed by atoms with E-state index in [-0.39, 0.29) is 41.1 Å². The third-order valence-electron chi connectivity index (χ3n) is 9.37. The fourth-order valence-electron chi connectivity index (χ4n) is 6.84. The number of hydrogen-bond acceptors (Lipinski definition) is 10. The highest BCUT2D eigenvalue weighted by molar-refractivity contribution is 7.92. The van der Waals surface area contributed by atoms with E-state index in [0.29, 0.717) is 42.4 Å². The Kier molecular flexibility index (Phi) is 7.70. The lowest BCUT2D eigenvalue weighted by Gasteiger charge is -2.39. The zero-order chi connectivity index (χ0) is 34.8. The van der Waals surface area contributed by atoms with Crippen LogP contribution in [0.5, 0.6) is 5.75 Å². The van der Waals surface area contributed by atoms with Gasteiger partial charge in [0.25, 0.3) is 5.91 Å². The summed E-state index contributed by atoms with van der Waals surface area (Å²) in [5, 5.41) is 32.4. The van der Waals surface area contributed by atoms with E-state index >= 15 is 4.39 Å². The van der Waals surface area contributed by atoms with E-state index in [4.69, 9.17) is 0 Å². The van der Waals surface area contributed by atoms with E-state index in [0.717, 1.165) is 22.7 Å². The summed E-state index contributed by atoms with van der Waals surface area (Å²) in [5.41, 5.74) is 0.686. The molecular weight excluding hydrogens is 661 g/mol. The number of aromatic nitrogens is 2. The van der Waals surface area contributed by atoms with Crippen molar-refractivity contribution < 1.29 is 42.2 Å². The Morgan fingerprint density at radius 2 is 1.82 bits per heavy atom. The van der Waals surface area contributed by atoms with Crippen molar-refractivity contribution in [3.63, 3.8) is 0 Å². The topological polar surface area (TPSA) is 203 Å². The van der Waals surface area contributed by atoms with Crippen LogP contribution in [-0.2, 0) is 36.4 Å². The number of phenols is 1. The third kappa shape index (κ3) is 5.88. The number of aryl methyl sites for hydroxylation is 1. The van der Waals surface area contributed by atoms with E-state index in [9.17, 15) is 37.8 Å². The molecule has 3 aliphatic rings. The minimum Gasteiger partial charge on any atom is -0.506 e. The number of carbonyl (C=O) groups excluding carboxylic acids is 4. The molecule has 49 heavy (non-hydrogen) atoms. The number of imide groups is 1. The molecule has 3 saturated heterocycles. The first-order valence-corrected chi connectivity index (χ1v) is 17.0. The van der Waals surface area contributed by atoms with Crippen LogP contribution in [0.1, 0.15) is 43.7 Å². The third-order valence-corrected chi connectivity index (χ3v) is 10.7. The summed E-state index contributed by atoms with van der Waals surface area (Å²) in [6, 6.07) is 11.1. The minimum absolute atomic E-state index is 0.0390. The number of carbonyl (C=O) groups is 4. The number of aromatic hydroxyl groups is 1.